The third-order valence-electron chi connectivity index (χ3n) is 4.45. The van der Waals surface area contributed by atoms with Crippen molar-refractivity contribution in [3.05, 3.63) is 59.6 Å². The summed E-state index contributed by atoms with van der Waals surface area (Å²) >= 11 is 7.99. The number of benzene rings is 2. The van der Waals surface area contributed by atoms with Crippen LogP contribution in [0.4, 0.5) is 5.69 Å². The largest absolute Gasteiger partial charge is 0.493 e. The molecule has 3 aromatic rings. The number of fused-ring (bicyclic) bond motifs is 3. The molecule has 0 fully saturated rings. The molecule has 9 heteroatoms. The summed E-state index contributed by atoms with van der Waals surface area (Å²) in [5, 5.41) is 12.9. The zero-order valence-corrected chi connectivity index (χ0v) is 18.0. The predicted molar refractivity (Wildman–Crippen MR) is 118 cm³/mol. The van der Waals surface area contributed by atoms with Gasteiger partial charge in [0, 0.05) is 28.6 Å². The molecule has 30 heavy (non-hydrogen) atoms. The maximum Gasteiger partial charge on any atom is 0.247 e. The van der Waals surface area contributed by atoms with Crippen LogP contribution in [-0.4, -0.2) is 35.2 Å². The number of anilines is 1. The van der Waals surface area contributed by atoms with Crippen LogP contribution < -0.4 is 19.5 Å². The second-order valence-corrected chi connectivity index (χ2v) is 7.66. The van der Waals surface area contributed by atoms with E-state index >= 15 is 0 Å². The third kappa shape index (κ3) is 3.88. The van der Waals surface area contributed by atoms with Crippen molar-refractivity contribution in [2.75, 3.05) is 25.3 Å². The molecule has 0 saturated heterocycles. The first-order valence-corrected chi connectivity index (χ1v) is 10.4. The van der Waals surface area contributed by atoms with Gasteiger partial charge < -0.3 is 19.5 Å². The van der Waals surface area contributed by atoms with Gasteiger partial charge in [-0.2, -0.15) is 4.98 Å². The van der Waals surface area contributed by atoms with Crippen molar-refractivity contribution < 1.29 is 14.2 Å². The molecule has 0 bridgehead atoms. The zero-order valence-electron chi connectivity index (χ0n) is 16.4. The van der Waals surface area contributed by atoms with Crippen molar-refractivity contribution >= 4 is 29.1 Å². The molecule has 2 heterocycles. The van der Waals surface area contributed by atoms with Gasteiger partial charge in [0.15, 0.2) is 23.4 Å². The number of nitrogens with one attached hydrogen (secondary N) is 1. The standard InChI is InChI=1S/C21H19ClN4O3S/c1-4-9-30-21-24-20-18(25-26-21)12-7-5-6-8-15(12)23-19(29-20)13-10-16(27-2)17(28-3)11-14(13)22/h4-8,10-11,19,23H,1,9H2,2-3H3. The molecular formula is C21H19ClN4O3S. The van der Waals surface area contributed by atoms with Crippen LogP contribution in [0.5, 0.6) is 17.4 Å². The maximum absolute atomic E-state index is 6.56. The van der Waals surface area contributed by atoms with Gasteiger partial charge in [0.05, 0.1) is 19.2 Å². The van der Waals surface area contributed by atoms with Gasteiger partial charge in [-0.05, 0) is 12.1 Å². The highest BCUT2D eigenvalue weighted by Crippen LogP contribution is 2.42. The van der Waals surface area contributed by atoms with Gasteiger partial charge in [-0.25, -0.2) is 0 Å². The van der Waals surface area contributed by atoms with Crippen molar-refractivity contribution in [1.82, 2.24) is 15.2 Å². The lowest BCUT2D eigenvalue weighted by Gasteiger charge is -2.21. The van der Waals surface area contributed by atoms with E-state index in [1.807, 2.05) is 24.3 Å². The Kier molecular flexibility index (Phi) is 5.96. The fraction of sp³-hybridized carbons (Fsp3) is 0.190. The van der Waals surface area contributed by atoms with E-state index in [1.54, 1.807) is 32.4 Å². The van der Waals surface area contributed by atoms with E-state index in [0.717, 1.165) is 11.3 Å². The van der Waals surface area contributed by atoms with Crippen LogP contribution in [0.3, 0.4) is 0 Å². The minimum absolute atomic E-state index is 0.366. The summed E-state index contributed by atoms with van der Waals surface area (Å²) in [5.74, 6) is 2.11. The van der Waals surface area contributed by atoms with Crippen LogP contribution in [-0.2, 0) is 0 Å². The second kappa shape index (κ2) is 8.81. The molecule has 0 spiro atoms. The Morgan fingerprint density at radius 2 is 1.97 bits per heavy atom. The number of rotatable bonds is 6. The average Bonchev–Trinajstić information content (AvgIpc) is 2.93. The van der Waals surface area contributed by atoms with Crippen LogP contribution in [0.1, 0.15) is 11.8 Å². The highest BCUT2D eigenvalue weighted by Gasteiger charge is 2.28. The highest BCUT2D eigenvalue weighted by molar-refractivity contribution is 7.99. The molecule has 4 rings (SSSR count). The Hall–Kier alpha value is -2.97. The normalized spacial score (nSPS) is 14.4. The molecule has 0 amide bonds. The number of methoxy groups -OCH3 is 2. The fourth-order valence-corrected chi connectivity index (χ4v) is 3.82. The smallest absolute Gasteiger partial charge is 0.247 e. The molecule has 2 aromatic carbocycles. The molecule has 1 atom stereocenters. The fourth-order valence-electron chi connectivity index (χ4n) is 3.05. The third-order valence-corrected chi connectivity index (χ3v) is 5.61. The van der Waals surface area contributed by atoms with Gasteiger partial charge in [0.25, 0.3) is 0 Å². The van der Waals surface area contributed by atoms with Crippen molar-refractivity contribution in [3.8, 4) is 28.6 Å². The number of para-hydroxylation sites is 1. The van der Waals surface area contributed by atoms with E-state index in [4.69, 9.17) is 25.8 Å². The maximum atomic E-state index is 6.56. The molecule has 0 saturated carbocycles. The summed E-state index contributed by atoms with van der Waals surface area (Å²) in [6, 6.07) is 11.2. The molecule has 1 aromatic heterocycles. The number of halogens is 1. The summed E-state index contributed by atoms with van der Waals surface area (Å²) in [4.78, 5) is 4.57. The van der Waals surface area contributed by atoms with Crippen LogP contribution in [0.25, 0.3) is 11.3 Å². The summed E-state index contributed by atoms with van der Waals surface area (Å²) in [6.45, 7) is 3.73. The molecular weight excluding hydrogens is 424 g/mol. The van der Waals surface area contributed by atoms with Crippen molar-refractivity contribution in [3.63, 3.8) is 0 Å². The first-order chi connectivity index (χ1) is 14.6. The number of ether oxygens (including phenoxy) is 3. The Balaban J connectivity index is 1.82. The van der Waals surface area contributed by atoms with Crippen molar-refractivity contribution in [2.45, 2.75) is 11.4 Å². The van der Waals surface area contributed by atoms with Gasteiger partial charge in [0.2, 0.25) is 11.0 Å². The van der Waals surface area contributed by atoms with Gasteiger partial charge in [-0.3, -0.25) is 0 Å². The SMILES string of the molecule is C=CCSc1nnc2c(n1)OC(c1cc(OC)c(OC)cc1Cl)Nc1ccccc1-2. The minimum Gasteiger partial charge on any atom is -0.493 e. The molecule has 0 aliphatic carbocycles. The molecule has 0 radical (unpaired) electrons. The molecule has 154 valence electrons. The van der Waals surface area contributed by atoms with Crippen LogP contribution in [0.2, 0.25) is 5.02 Å². The predicted octanol–water partition coefficient (Wildman–Crippen LogP) is 4.99. The number of nitrogens with zero attached hydrogens (tertiary/aromatic N) is 3. The van der Waals surface area contributed by atoms with Gasteiger partial charge in [-0.15, -0.1) is 16.8 Å². The number of thioether (sulfide) groups is 1. The van der Waals surface area contributed by atoms with Gasteiger partial charge in [0.1, 0.15) is 0 Å². The van der Waals surface area contributed by atoms with E-state index in [2.05, 4.69) is 27.1 Å². The minimum atomic E-state index is -0.631. The lowest BCUT2D eigenvalue weighted by molar-refractivity contribution is 0.224. The number of aromatic nitrogens is 3. The monoisotopic (exact) mass is 442 g/mol. The number of hydrogen-bond donors (Lipinski definition) is 1. The number of hydrogen-bond acceptors (Lipinski definition) is 8. The molecule has 1 aliphatic rings. The summed E-state index contributed by atoms with van der Waals surface area (Å²) < 4.78 is 17.0. The average molecular weight is 443 g/mol. The van der Waals surface area contributed by atoms with E-state index in [9.17, 15) is 0 Å². The first kappa shape index (κ1) is 20.3. The molecule has 1 aliphatic heterocycles. The van der Waals surface area contributed by atoms with Gasteiger partial charge >= 0.3 is 0 Å². The van der Waals surface area contributed by atoms with Crippen LogP contribution >= 0.6 is 23.4 Å². The molecule has 1 unspecified atom stereocenters. The molecule has 7 nitrogen and oxygen atoms in total. The Morgan fingerprint density at radius 3 is 2.73 bits per heavy atom. The van der Waals surface area contributed by atoms with E-state index < -0.39 is 6.23 Å². The first-order valence-electron chi connectivity index (χ1n) is 9.07. The van der Waals surface area contributed by atoms with E-state index in [-0.39, 0.29) is 0 Å². The van der Waals surface area contributed by atoms with E-state index in [0.29, 0.717) is 44.6 Å². The summed E-state index contributed by atoms with van der Waals surface area (Å²) in [6.07, 6.45) is 1.15. The topological polar surface area (TPSA) is 78.4 Å². The van der Waals surface area contributed by atoms with E-state index in [1.165, 1.54) is 11.8 Å². The second-order valence-electron chi connectivity index (χ2n) is 6.26. The lowest BCUT2D eigenvalue weighted by Crippen LogP contribution is -2.18. The van der Waals surface area contributed by atoms with Gasteiger partial charge in [-0.1, -0.05) is 47.6 Å². The Labute approximate surface area is 183 Å². The van der Waals surface area contributed by atoms with Crippen LogP contribution in [0, 0.1) is 0 Å². The molecule has 1 N–H and O–H groups in total. The van der Waals surface area contributed by atoms with Crippen molar-refractivity contribution in [1.29, 1.82) is 0 Å². The Morgan fingerprint density at radius 1 is 1.20 bits per heavy atom. The van der Waals surface area contributed by atoms with Crippen molar-refractivity contribution in [2.24, 2.45) is 0 Å². The summed E-state index contributed by atoms with van der Waals surface area (Å²) in [7, 11) is 3.13. The highest BCUT2D eigenvalue weighted by atomic mass is 35.5. The lowest BCUT2D eigenvalue weighted by atomic mass is 10.1. The van der Waals surface area contributed by atoms with Crippen LogP contribution in [0.15, 0.2) is 54.2 Å². The quantitative estimate of drug-likeness (QED) is 0.422. The Bertz CT molecular complexity index is 1100. The summed E-state index contributed by atoms with van der Waals surface area (Å²) in [5.41, 5.74) is 2.90. The zero-order chi connectivity index (χ0) is 21.1.